The summed E-state index contributed by atoms with van der Waals surface area (Å²) < 4.78 is 13.2. The van der Waals surface area contributed by atoms with Gasteiger partial charge in [0.2, 0.25) is 5.95 Å². The van der Waals surface area contributed by atoms with Crippen LogP contribution in [0.3, 0.4) is 0 Å². The molecule has 3 rings (SSSR count). The van der Waals surface area contributed by atoms with Gasteiger partial charge in [0.1, 0.15) is 11.6 Å². The molecule has 6 heteroatoms. The minimum Gasteiger partial charge on any atom is -0.354 e. The van der Waals surface area contributed by atoms with E-state index in [1.54, 1.807) is 18.3 Å². The van der Waals surface area contributed by atoms with E-state index in [-0.39, 0.29) is 5.82 Å². The molecule has 0 unspecified atom stereocenters. The Labute approximate surface area is 129 Å². The van der Waals surface area contributed by atoms with E-state index in [0.717, 1.165) is 38.5 Å². The number of anilines is 3. The summed E-state index contributed by atoms with van der Waals surface area (Å²) in [6.07, 6.45) is 1.73. The molecule has 1 aliphatic heterocycles. The number of benzene rings is 1. The molecular formula is C16H20FN5. The second-order valence-electron chi connectivity index (χ2n) is 5.30. The van der Waals surface area contributed by atoms with E-state index in [1.807, 2.05) is 6.07 Å². The minimum absolute atomic E-state index is 0.281. The number of hydrogen-bond acceptors (Lipinski definition) is 5. The fourth-order valence-corrected chi connectivity index (χ4v) is 2.57. The predicted molar refractivity (Wildman–Crippen MR) is 86.0 cm³/mol. The Hall–Kier alpha value is -2.21. The van der Waals surface area contributed by atoms with Gasteiger partial charge in [0.15, 0.2) is 0 Å². The number of rotatable bonds is 4. The zero-order valence-corrected chi connectivity index (χ0v) is 12.7. The molecule has 0 saturated carbocycles. The summed E-state index contributed by atoms with van der Waals surface area (Å²) in [7, 11) is 0. The van der Waals surface area contributed by atoms with Crippen molar-refractivity contribution in [2.45, 2.75) is 6.92 Å². The van der Waals surface area contributed by atoms with Gasteiger partial charge in [0, 0.05) is 38.1 Å². The average Bonchev–Trinajstić information content (AvgIpc) is 2.55. The van der Waals surface area contributed by atoms with Gasteiger partial charge in [-0.15, -0.1) is 0 Å². The van der Waals surface area contributed by atoms with E-state index >= 15 is 0 Å². The van der Waals surface area contributed by atoms with Crippen molar-refractivity contribution in [2.75, 3.05) is 42.9 Å². The third kappa shape index (κ3) is 3.51. The van der Waals surface area contributed by atoms with Gasteiger partial charge in [-0.05, 0) is 30.8 Å². The highest BCUT2D eigenvalue weighted by molar-refractivity contribution is 5.55. The van der Waals surface area contributed by atoms with Crippen molar-refractivity contribution >= 4 is 17.5 Å². The molecule has 1 fully saturated rings. The first-order valence-corrected chi connectivity index (χ1v) is 7.57. The lowest BCUT2D eigenvalue weighted by Gasteiger charge is -2.34. The molecule has 1 aliphatic rings. The Morgan fingerprint density at radius 2 is 2.00 bits per heavy atom. The minimum atomic E-state index is -0.281. The maximum Gasteiger partial charge on any atom is 0.229 e. The van der Waals surface area contributed by atoms with E-state index in [0.29, 0.717) is 11.6 Å². The number of halogens is 1. The van der Waals surface area contributed by atoms with Crippen LogP contribution in [0.4, 0.5) is 21.8 Å². The fraction of sp³-hybridized carbons (Fsp3) is 0.375. The van der Waals surface area contributed by atoms with Gasteiger partial charge in [-0.2, -0.15) is 4.98 Å². The van der Waals surface area contributed by atoms with Crippen LogP contribution in [-0.2, 0) is 0 Å². The van der Waals surface area contributed by atoms with Crippen LogP contribution in [0.25, 0.3) is 0 Å². The molecule has 22 heavy (non-hydrogen) atoms. The van der Waals surface area contributed by atoms with E-state index in [4.69, 9.17) is 0 Å². The molecule has 116 valence electrons. The molecule has 1 saturated heterocycles. The van der Waals surface area contributed by atoms with E-state index in [2.05, 4.69) is 32.0 Å². The average molecular weight is 301 g/mol. The molecule has 0 amide bonds. The van der Waals surface area contributed by atoms with Crippen LogP contribution in [0.5, 0.6) is 0 Å². The highest BCUT2D eigenvalue weighted by atomic mass is 19.1. The molecule has 0 aliphatic carbocycles. The third-order valence-corrected chi connectivity index (χ3v) is 3.87. The van der Waals surface area contributed by atoms with Gasteiger partial charge in [-0.3, -0.25) is 0 Å². The number of aromatic nitrogens is 2. The first kappa shape index (κ1) is 14.7. The molecule has 2 heterocycles. The summed E-state index contributed by atoms with van der Waals surface area (Å²) in [5, 5.41) is 3.04. The van der Waals surface area contributed by atoms with E-state index < -0.39 is 0 Å². The van der Waals surface area contributed by atoms with Crippen LogP contribution in [-0.4, -0.2) is 47.6 Å². The smallest absolute Gasteiger partial charge is 0.229 e. The van der Waals surface area contributed by atoms with Gasteiger partial charge in [-0.25, -0.2) is 9.37 Å². The van der Waals surface area contributed by atoms with Crippen molar-refractivity contribution in [2.24, 2.45) is 0 Å². The molecule has 1 aromatic heterocycles. The van der Waals surface area contributed by atoms with Crippen LogP contribution in [0.1, 0.15) is 6.92 Å². The topological polar surface area (TPSA) is 44.3 Å². The van der Waals surface area contributed by atoms with E-state index in [1.165, 1.54) is 12.1 Å². The van der Waals surface area contributed by atoms with E-state index in [9.17, 15) is 4.39 Å². The summed E-state index contributed by atoms with van der Waals surface area (Å²) in [5.41, 5.74) is 0.646. The van der Waals surface area contributed by atoms with Gasteiger partial charge >= 0.3 is 0 Å². The maximum atomic E-state index is 13.2. The second kappa shape index (κ2) is 6.70. The summed E-state index contributed by atoms with van der Waals surface area (Å²) in [5.74, 6) is 1.11. The van der Waals surface area contributed by atoms with Crippen molar-refractivity contribution in [3.63, 3.8) is 0 Å². The van der Waals surface area contributed by atoms with Crippen molar-refractivity contribution in [1.29, 1.82) is 0 Å². The number of piperazine rings is 1. The summed E-state index contributed by atoms with van der Waals surface area (Å²) in [4.78, 5) is 13.4. The summed E-state index contributed by atoms with van der Waals surface area (Å²) in [6, 6.07) is 8.20. The summed E-state index contributed by atoms with van der Waals surface area (Å²) in [6.45, 7) is 7.29. The van der Waals surface area contributed by atoms with Gasteiger partial charge in [-0.1, -0.05) is 13.0 Å². The maximum absolute atomic E-state index is 13.2. The predicted octanol–water partition coefficient (Wildman–Crippen LogP) is 2.50. The largest absolute Gasteiger partial charge is 0.354 e. The lowest BCUT2D eigenvalue weighted by atomic mass is 10.3. The van der Waals surface area contributed by atoms with Gasteiger partial charge in [0.05, 0.1) is 0 Å². The third-order valence-electron chi connectivity index (χ3n) is 3.87. The quantitative estimate of drug-likeness (QED) is 0.940. The Kier molecular flexibility index (Phi) is 4.48. The van der Waals surface area contributed by atoms with Crippen LogP contribution in [0, 0.1) is 5.82 Å². The Morgan fingerprint density at radius 3 is 2.73 bits per heavy atom. The fourth-order valence-electron chi connectivity index (χ4n) is 2.57. The highest BCUT2D eigenvalue weighted by Crippen LogP contribution is 2.18. The second-order valence-corrected chi connectivity index (χ2v) is 5.30. The van der Waals surface area contributed by atoms with Crippen LogP contribution >= 0.6 is 0 Å². The summed E-state index contributed by atoms with van der Waals surface area (Å²) >= 11 is 0. The molecule has 0 bridgehead atoms. The molecule has 0 radical (unpaired) electrons. The Bertz CT molecular complexity index is 625. The Balaban J connectivity index is 1.70. The van der Waals surface area contributed by atoms with Crippen LogP contribution in [0.2, 0.25) is 0 Å². The molecule has 5 nitrogen and oxygen atoms in total. The highest BCUT2D eigenvalue weighted by Gasteiger charge is 2.17. The zero-order valence-electron chi connectivity index (χ0n) is 12.7. The van der Waals surface area contributed by atoms with Crippen molar-refractivity contribution in [3.05, 3.63) is 42.3 Å². The SMILES string of the molecule is CCN1CCN(c2ccnc(Nc3cccc(F)c3)n2)CC1. The monoisotopic (exact) mass is 301 g/mol. The van der Waals surface area contributed by atoms with Crippen molar-refractivity contribution in [1.82, 2.24) is 14.9 Å². The lowest BCUT2D eigenvalue weighted by Crippen LogP contribution is -2.46. The standard InChI is InChI=1S/C16H20FN5/c1-2-21-8-10-22(11-9-21)15-6-7-18-16(20-15)19-14-5-3-4-13(17)12-14/h3-7,12H,2,8-11H2,1H3,(H,18,19,20). The molecule has 1 aromatic carbocycles. The molecule has 0 atom stereocenters. The number of nitrogens with zero attached hydrogens (tertiary/aromatic N) is 4. The first-order valence-electron chi connectivity index (χ1n) is 7.57. The van der Waals surface area contributed by atoms with Gasteiger partial charge < -0.3 is 15.1 Å². The van der Waals surface area contributed by atoms with Crippen LogP contribution in [0.15, 0.2) is 36.5 Å². The van der Waals surface area contributed by atoms with Crippen molar-refractivity contribution in [3.8, 4) is 0 Å². The Morgan fingerprint density at radius 1 is 1.18 bits per heavy atom. The molecular weight excluding hydrogens is 281 g/mol. The number of hydrogen-bond donors (Lipinski definition) is 1. The molecule has 0 spiro atoms. The first-order chi connectivity index (χ1) is 10.7. The zero-order chi connectivity index (χ0) is 15.4. The number of nitrogens with one attached hydrogen (secondary N) is 1. The lowest BCUT2D eigenvalue weighted by molar-refractivity contribution is 0.270. The van der Waals surface area contributed by atoms with Gasteiger partial charge in [0.25, 0.3) is 0 Å². The molecule has 1 N–H and O–H groups in total. The molecule has 2 aromatic rings. The number of likely N-dealkylation sites (N-methyl/N-ethyl adjacent to an activating group) is 1. The van der Waals surface area contributed by atoms with Crippen molar-refractivity contribution < 1.29 is 4.39 Å². The normalized spacial score (nSPS) is 15.8. The van der Waals surface area contributed by atoms with Crippen LogP contribution < -0.4 is 10.2 Å².